The van der Waals surface area contributed by atoms with Crippen molar-refractivity contribution in [3.05, 3.63) is 18.7 Å². The van der Waals surface area contributed by atoms with Gasteiger partial charge in [-0.15, -0.1) is 0 Å². The smallest absolute Gasteiger partial charge is 0.0949 e. The van der Waals surface area contributed by atoms with Gasteiger partial charge in [-0.3, -0.25) is 0 Å². The Kier molecular flexibility index (Phi) is 2.64. The standard InChI is InChI=1S/C10H16N2O/c13-10-5-3-1-2-4-9(10)12-7-6-11-8-12/h6-10,13H,1-5H2. The first-order valence-corrected chi connectivity index (χ1v) is 5.03. The van der Waals surface area contributed by atoms with Crippen LogP contribution in [0.1, 0.15) is 38.1 Å². The number of hydrogen-bond acceptors (Lipinski definition) is 2. The summed E-state index contributed by atoms with van der Waals surface area (Å²) >= 11 is 0. The Morgan fingerprint density at radius 2 is 2.08 bits per heavy atom. The third-order valence-corrected chi connectivity index (χ3v) is 2.85. The highest BCUT2D eigenvalue weighted by Crippen LogP contribution is 2.27. The topological polar surface area (TPSA) is 38.0 Å². The van der Waals surface area contributed by atoms with Crippen LogP contribution in [0.5, 0.6) is 0 Å². The summed E-state index contributed by atoms with van der Waals surface area (Å²) in [5, 5.41) is 9.87. The van der Waals surface area contributed by atoms with E-state index in [1.165, 1.54) is 12.8 Å². The van der Waals surface area contributed by atoms with Crippen LogP contribution in [0.2, 0.25) is 0 Å². The average molecular weight is 180 g/mol. The number of imidazole rings is 1. The molecule has 1 aromatic heterocycles. The van der Waals surface area contributed by atoms with Crippen LogP contribution in [0.25, 0.3) is 0 Å². The van der Waals surface area contributed by atoms with Gasteiger partial charge in [0, 0.05) is 12.4 Å². The molecular weight excluding hydrogens is 164 g/mol. The summed E-state index contributed by atoms with van der Waals surface area (Å²) in [7, 11) is 0. The van der Waals surface area contributed by atoms with E-state index in [0.717, 1.165) is 19.3 Å². The van der Waals surface area contributed by atoms with Gasteiger partial charge in [0.1, 0.15) is 0 Å². The molecule has 1 N–H and O–H groups in total. The molecule has 1 aliphatic rings. The normalized spacial score (nSPS) is 29.9. The zero-order valence-electron chi connectivity index (χ0n) is 7.76. The molecule has 0 radical (unpaired) electrons. The molecule has 1 fully saturated rings. The summed E-state index contributed by atoms with van der Waals surface area (Å²) in [6.07, 6.45) is 11.0. The van der Waals surface area contributed by atoms with E-state index in [1.54, 1.807) is 12.5 Å². The van der Waals surface area contributed by atoms with E-state index in [-0.39, 0.29) is 12.1 Å². The van der Waals surface area contributed by atoms with Gasteiger partial charge in [-0.1, -0.05) is 19.3 Å². The van der Waals surface area contributed by atoms with Crippen molar-refractivity contribution < 1.29 is 5.11 Å². The molecule has 1 saturated carbocycles. The first-order valence-electron chi connectivity index (χ1n) is 5.03. The Balaban J connectivity index is 2.11. The summed E-state index contributed by atoms with van der Waals surface area (Å²) in [6, 6.07) is 0.255. The van der Waals surface area contributed by atoms with Gasteiger partial charge in [-0.05, 0) is 12.8 Å². The zero-order valence-corrected chi connectivity index (χ0v) is 7.76. The van der Waals surface area contributed by atoms with Crippen LogP contribution in [0.4, 0.5) is 0 Å². The molecule has 0 spiro atoms. The van der Waals surface area contributed by atoms with Crippen LogP contribution < -0.4 is 0 Å². The molecule has 3 heteroatoms. The Bertz CT molecular complexity index is 245. The van der Waals surface area contributed by atoms with Crippen LogP contribution in [0, 0.1) is 0 Å². The Labute approximate surface area is 78.4 Å². The minimum absolute atomic E-state index is 0.184. The Hall–Kier alpha value is -0.830. The Morgan fingerprint density at radius 3 is 2.85 bits per heavy atom. The number of aromatic nitrogens is 2. The summed E-state index contributed by atoms with van der Waals surface area (Å²) in [4.78, 5) is 4.01. The second-order valence-electron chi connectivity index (χ2n) is 3.78. The first-order chi connectivity index (χ1) is 6.38. The molecule has 0 aliphatic heterocycles. The SMILES string of the molecule is OC1CCCCCC1n1ccnc1. The van der Waals surface area contributed by atoms with E-state index < -0.39 is 0 Å². The highest BCUT2D eigenvalue weighted by Gasteiger charge is 2.22. The average Bonchev–Trinajstić information content (AvgIpc) is 2.56. The fraction of sp³-hybridized carbons (Fsp3) is 0.700. The molecule has 0 aromatic carbocycles. The van der Waals surface area contributed by atoms with Crippen molar-refractivity contribution in [2.24, 2.45) is 0 Å². The van der Waals surface area contributed by atoms with Gasteiger partial charge in [0.15, 0.2) is 0 Å². The minimum atomic E-state index is -0.184. The molecule has 0 saturated heterocycles. The molecule has 2 atom stereocenters. The van der Waals surface area contributed by atoms with Crippen LogP contribution in [-0.2, 0) is 0 Å². The van der Waals surface area contributed by atoms with Gasteiger partial charge in [0.05, 0.1) is 18.5 Å². The van der Waals surface area contributed by atoms with Crippen molar-refractivity contribution in [1.29, 1.82) is 0 Å². The minimum Gasteiger partial charge on any atom is -0.391 e. The maximum Gasteiger partial charge on any atom is 0.0949 e. The van der Waals surface area contributed by atoms with Crippen LogP contribution in [0.15, 0.2) is 18.7 Å². The molecular formula is C10H16N2O. The predicted octanol–water partition coefficient (Wildman–Crippen LogP) is 1.75. The van der Waals surface area contributed by atoms with Gasteiger partial charge in [-0.25, -0.2) is 4.98 Å². The van der Waals surface area contributed by atoms with Crippen molar-refractivity contribution in [3.63, 3.8) is 0 Å². The van der Waals surface area contributed by atoms with Gasteiger partial charge in [0.2, 0.25) is 0 Å². The van der Waals surface area contributed by atoms with Crippen LogP contribution in [-0.4, -0.2) is 20.8 Å². The van der Waals surface area contributed by atoms with Crippen molar-refractivity contribution in [2.75, 3.05) is 0 Å². The predicted molar refractivity (Wildman–Crippen MR) is 50.4 cm³/mol. The Morgan fingerprint density at radius 1 is 1.23 bits per heavy atom. The molecule has 3 nitrogen and oxygen atoms in total. The van der Waals surface area contributed by atoms with Crippen LogP contribution >= 0.6 is 0 Å². The second kappa shape index (κ2) is 3.92. The molecule has 1 heterocycles. The molecule has 13 heavy (non-hydrogen) atoms. The fourth-order valence-corrected chi connectivity index (χ4v) is 2.08. The van der Waals surface area contributed by atoms with E-state index in [9.17, 15) is 5.11 Å². The summed E-state index contributed by atoms with van der Waals surface area (Å²) in [6.45, 7) is 0. The number of aliphatic hydroxyl groups is 1. The number of rotatable bonds is 1. The number of nitrogens with zero attached hydrogens (tertiary/aromatic N) is 2. The van der Waals surface area contributed by atoms with E-state index >= 15 is 0 Å². The molecule has 1 aliphatic carbocycles. The summed E-state index contributed by atoms with van der Waals surface area (Å²) in [5.41, 5.74) is 0. The van der Waals surface area contributed by atoms with Gasteiger partial charge in [0.25, 0.3) is 0 Å². The number of aliphatic hydroxyl groups excluding tert-OH is 1. The van der Waals surface area contributed by atoms with Crippen molar-refractivity contribution in [1.82, 2.24) is 9.55 Å². The highest BCUT2D eigenvalue weighted by atomic mass is 16.3. The lowest BCUT2D eigenvalue weighted by Crippen LogP contribution is -2.21. The van der Waals surface area contributed by atoms with E-state index in [0.29, 0.717) is 0 Å². The first kappa shape index (κ1) is 8.75. The van der Waals surface area contributed by atoms with Crippen molar-refractivity contribution >= 4 is 0 Å². The summed E-state index contributed by atoms with van der Waals surface area (Å²) < 4.78 is 2.04. The monoisotopic (exact) mass is 180 g/mol. The lowest BCUT2D eigenvalue weighted by Gasteiger charge is -2.21. The number of hydrogen-bond donors (Lipinski definition) is 1. The third-order valence-electron chi connectivity index (χ3n) is 2.85. The molecule has 2 rings (SSSR count). The lowest BCUT2D eigenvalue weighted by atomic mass is 10.1. The molecule has 0 amide bonds. The van der Waals surface area contributed by atoms with E-state index in [1.807, 2.05) is 10.8 Å². The molecule has 1 aromatic rings. The van der Waals surface area contributed by atoms with Gasteiger partial charge < -0.3 is 9.67 Å². The molecule has 2 unspecified atom stereocenters. The lowest BCUT2D eigenvalue weighted by molar-refractivity contribution is 0.105. The maximum atomic E-state index is 9.87. The summed E-state index contributed by atoms with van der Waals surface area (Å²) in [5.74, 6) is 0. The zero-order chi connectivity index (χ0) is 9.10. The quantitative estimate of drug-likeness (QED) is 0.668. The molecule has 0 bridgehead atoms. The third kappa shape index (κ3) is 1.91. The van der Waals surface area contributed by atoms with Crippen molar-refractivity contribution in [3.8, 4) is 0 Å². The van der Waals surface area contributed by atoms with E-state index in [2.05, 4.69) is 4.98 Å². The molecule has 72 valence electrons. The largest absolute Gasteiger partial charge is 0.391 e. The van der Waals surface area contributed by atoms with Crippen LogP contribution in [0.3, 0.4) is 0 Å². The maximum absolute atomic E-state index is 9.87. The van der Waals surface area contributed by atoms with E-state index in [4.69, 9.17) is 0 Å². The van der Waals surface area contributed by atoms with Crippen molar-refractivity contribution in [2.45, 2.75) is 44.2 Å². The fourth-order valence-electron chi connectivity index (χ4n) is 2.08. The van der Waals surface area contributed by atoms with Gasteiger partial charge >= 0.3 is 0 Å². The second-order valence-corrected chi connectivity index (χ2v) is 3.78. The van der Waals surface area contributed by atoms with Gasteiger partial charge in [-0.2, -0.15) is 0 Å². The highest BCUT2D eigenvalue weighted by molar-refractivity contribution is 4.85.